The second-order valence-corrected chi connectivity index (χ2v) is 8.22. The summed E-state index contributed by atoms with van der Waals surface area (Å²) in [5.41, 5.74) is 2.14. The van der Waals surface area contributed by atoms with Gasteiger partial charge in [-0.05, 0) is 35.2 Å². The van der Waals surface area contributed by atoms with Crippen molar-refractivity contribution in [3.8, 4) is 0 Å². The van der Waals surface area contributed by atoms with E-state index in [4.69, 9.17) is 9.47 Å². The summed E-state index contributed by atoms with van der Waals surface area (Å²) < 4.78 is 39.7. The van der Waals surface area contributed by atoms with E-state index in [2.05, 4.69) is 10.6 Å². The average Bonchev–Trinajstić information content (AvgIpc) is 2.66. The SMILES string of the molecule is COCc1ccc2c(c1)CCNC2C(=O)Nc1cc(F)c(C(C)(C)COC)c(F)c1. The molecule has 5 nitrogen and oxygen atoms in total. The van der Waals surface area contributed by atoms with Crippen LogP contribution in [0.1, 0.15) is 42.1 Å². The number of methoxy groups -OCH3 is 2. The summed E-state index contributed by atoms with van der Waals surface area (Å²) in [5.74, 6) is -1.79. The number of hydrogen-bond acceptors (Lipinski definition) is 4. The Bertz CT molecular complexity index is 908. The van der Waals surface area contributed by atoms with Crippen LogP contribution in [-0.2, 0) is 32.7 Å². The molecule has 1 amide bonds. The molecular formula is C23H28F2N2O3. The highest BCUT2D eigenvalue weighted by molar-refractivity contribution is 5.96. The molecule has 162 valence electrons. The van der Waals surface area contributed by atoms with Gasteiger partial charge in [0.05, 0.1) is 13.2 Å². The third-order valence-corrected chi connectivity index (χ3v) is 5.33. The maximum Gasteiger partial charge on any atom is 0.246 e. The van der Waals surface area contributed by atoms with Gasteiger partial charge in [-0.3, -0.25) is 4.79 Å². The number of benzene rings is 2. The van der Waals surface area contributed by atoms with Gasteiger partial charge in [-0.25, -0.2) is 8.78 Å². The monoisotopic (exact) mass is 418 g/mol. The first-order chi connectivity index (χ1) is 14.3. The third-order valence-electron chi connectivity index (χ3n) is 5.33. The molecule has 0 aliphatic carbocycles. The highest BCUT2D eigenvalue weighted by Crippen LogP contribution is 2.32. The normalized spacial score (nSPS) is 16.3. The van der Waals surface area contributed by atoms with Crippen molar-refractivity contribution < 1.29 is 23.0 Å². The lowest BCUT2D eigenvalue weighted by atomic mass is 9.84. The minimum atomic E-state index is -0.838. The van der Waals surface area contributed by atoms with Crippen LogP contribution in [0.15, 0.2) is 30.3 Å². The highest BCUT2D eigenvalue weighted by atomic mass is 19.1. The number of carbonyl (C=O) groups is 1. The Morgan fingerprint density at radius 1 is 1.17 bits per heavy atom. The summed E-state index contributed by atoms with van der Waals surface area (Å²) in [4.78, 5) is 12.9. The molecular weight excluding hydrogens is 390 g/mol. The Labute approximate surface area is 175 Å². The molecule has 1 heterocycles. The van der Waals surface area contributed by atoms with Crippen molar-refractivity contribution in [1.82, 2.24) is 5.32 Å². The number of ether oxygens (including phenoxy) is 2. The lowest BCUT2D eigenvalue weighted by Gasteiger charge is -2.27. The Kier molecular flexibility index (Phi) is 6.85. The average molecular weight is 418 g/mol. The van der Waals surface area contributed by atoms with Crippen molar-refractivity contribution in [3.63, 3.8) is 0 Å². The molecule has 2 aromatic rings. The Balaban J connectivity index is 1.82. The molecule has 0 saturated heterocycles. The second kappa shape index (κ2) is 9.20. The van der Waals surface area contributed by atoms with Crippen LogP contribution in [-0.4, -0.2) is 33.3 Å². The molecule has 0 bridgehead atoms. The Morgan fingerprint density at radius 3 is 2.50 bits per heavy atom. The quantitative estimate of drug-likeness (QED) is 0.717. The predicted octanol–water partition coefficient (Wildman–Crippen LogP) is 3.86. The number of halogens is 2. The number of nitrogens with one attached hydrogen (secondary N) is 2. The van der Waals surface area contributed by atoms with Gasteiger partial charge < -0.3 is 20.1 Å². The Morgan fingerprint density at radius 2 is 1.87 bits per heavy atom. The van der Waals surface area contributed by atoms with E-state index in [9.17, 15) is 13.6 Å². The lowest BCUT2D eigenvalue weighted by molar-refractivity contribution is -0.118. The third kappa shape index (κ3) is 4.69. The fraction of sp³-hybridized carbons (Fsp3) is 0.435. The molecule has 3 rings (SSSR count). The topological polar surface area (TPSA) is 59.6 Å². The minimum absolute atomic E-state index is 0.0610. The van der Waals surface area contributed by atoms with E-state index in [1.54, 1.807) is 21.0 Å². The van der Waals surface area contributed by atoms with Crippen LogP contribution in [0.4, 0.5) is 14.5 Å². The van der Waals surface area contributed by atoms with E-state index in [0.29, 0.717) is 13.2 Å². The molecule has 0 fully saturated rings. The van der Waals surface area contributed by atoms with Crippen LogP contribution in [0.5, 0.6) is 0 Å². The fourth-order valence-corrected chi connectivity index (χ4v) is 4.05. The van der Waals surface area contributed by atoms with Gasteiger partial charge in [0, 0.05) is 37.4 Å². The summed E-state index contributed by atoms with van der Waals surface area (Å²) in [6.45, 7) is 4.71. The van der Waals surface area contributed by atoms with Crippen molar-refractivity contribution in [3.05, 3.63) is 64.2 Å². The first-order valence-electron chi connectivity index (χ1n) is 9.90. The smallest absolute Gasteiger partial charge is 0.246 e. The molecule has 2 N–H and O–H groups in total. The van der Waals surface area contributed by atoms with Gasteiger partial charge in [-0.2, -0.15) is 0 Å². The summed E-state index contributed by atoms with van der Waals surface area (Å²) in [6, 6.07) is 7.56. The maximum absolute atomic E-state index is 14.7. The minimum Gasteiger partial charge on any atom is -0.384 e. The van der Waals surface area contributed by atoms with Crippen LogP contribution >= 0.6 is 0 Å². The second-order valence-electron chi connectivity index (χ2n) is 8.22. The molecule has 0 radical (unpaired) electrons. The van der Waals surface area contributed by atoms with E-state index in [0.717, 1.165) is 35.2 Å². The van der Waals surface area contributed by atoms with E-state index in [-0.39, 0.29) is 23.8 Å². The van der Waals surface area contributed by atoms with Gasteiger partial charge in [-0.15, -0.1) is 0 Å². The summed E-state index contributed by atoms with van der Waals surface area (Å²) in [5, 5.41) is 5.83. The molecule has 0 spiro atoms. The van der Waals surface area contributed by atoms with Crippen LogP contribution < -0.4 is 10.6 Å². The van der Waals surface area contributed by atoms with Crippen LogP contribution in [0, 0.1) is 11.6 Å². The van der Waals surface area contributed by atoms with Crippen LogP contribution in [0.3, 0.4) is 0 Å². The molecule has 30 heavy (non-hydrogen) atoms. The molecule has 7 heteroatoms. The highest BCUT2D eigenvalue weighted by Gasteiger charge is 2.30. The molecule has 2 aromatic carbocycles. The maximum atomic E-state index is 14.7. The number of hydrogen-bond donors (Lipinski definition) is 2. The number of amides is 1. The largest absolute Gasteiger partial charge is 0.384 e. The van der Waals surface area contributed by atoms with E-state index >= 15 is 0 Å². The molecule has 0 saturated carbocycles. The molecule has 1 aliphatic rings. The lowest BCUT2D eigenvalue weighted by Crippen LogP contribution is -2.38. The number of fused-ring (bicyclic) bond motifs is 1. The fourth-order valence-electron chi connectivity index (χ4n) is 4.05. The van der Waals surface area contributed by atoms with Crippen molar-refractivity contribution in [2.45, 2.75) is 38.3 Å². The van der Waals surface area contributed by atoms with Crippen LogP contribution in [0.25, 0.3) is 0 Å². The number of carbonyl (C=O) groups excluding carboxylic acids is 1. The van der Waals surface area contributed by atoms with Crippen molar-refractivity contribution in [1.29, 1.82) is 0 Å². The standard InChI is InChI=1S/C23H28F2N2O3/c1-23(2,13-30-4)20-18(24)10-16(11-19(20)25)27-22(28)21-17-6-5-14(12-29-3)9-15(17)7-8-26-21/h5-6,9-11,21,26H,7-8,12-13H2,1-4H3,(H,27,28). The summed E-state index contributed by atoms with van der Waals surface area (Å²) in [7, 11) is 3.12. The first kappa shape index (κ1) is 22.3. The number of rotatable bonds is 7. The molecule has 0 aromatic heterocycles. The molecule has 1 unspecified atom stereocenters. The Hall–Kier alpha value is -2.35. The van der Waals surface area contributed by atoms with Gasteiger partial charge in [-0.1, -0.05) is 32.0 Å². The summed E-state index contributed by atoms with van der Waals surface area (Å²) in [6.07, 6.45) is 0.795. The number of anilines is 1. The zero-order valence-electron chi connectivity index (χ0n) is 17.8. The van der Waals surface area contributed by atoms with Gasteiger partial charge in [0.15, 0.2) is 0 Å². The summed E-state index contributed by atoms with van der Waals surface area (Å²) >= 11 is 0. The zero-order valence-corrected chi connectivity index (χ0v) is 17.8. The van der Waals surface area contributed by atoms with Gasteiger partial charge >= 0.3 is 0 Å². The zero-order chi connectivity index (χ0) is 21.9. The van der Waals surface area contributed by atoms with E-state index < -0.39 is 23.1 Å². The molecule has 1 aliphatic heterocycles. The van der Waals surface area contributed by atoms with Crippen LogP contribution in [0.2, 0.25) is 0 Å². The van der Waals surface area contributed by atoms with Crippen molar-refractivity contribution in [2.24, 2.45) is 0 Å². The van der Waals surface area contributed by atoms with Gasteiger partial charge in [0.2, 0.25) is 5.91 Å². The first-order valence-corrected chi connectivity index (χ1v) is 9.90. The predicted molar refractivity (Wildman–Crippen MR) is 111 cm³/mol. The van der Waals surface area contributed by atoms with Gasteiger partial charge in [0.1, 0.15) is 17.7 Å². The van der Waals surface area contributed by atoms with Crippen molar-refractivity contribution in [2.75, 3.05) is 32.7 Å². The van der Waals surface area contributed by atoms with E-state index in [1.165, 1.54) is 7.11 Å². The van der Waals surface area contributed by atoms with E-state index in [1.807, 2.05) is 18.2 Å². The van der Waals surface area contributed by atoms with Crippen molar-refractivity contribution >= 4 is 11.6 Å². The molecule has 1 atom stereocenters. The van der Waals surface area contributed by atoms with Gasteiger partial charge in [0.25, 0.3) is 0 Å².